The third-order valence-corrected chi connectivity index (χ3v) is 1.31. The summed E-state index contributed by atoms with van der Waals surface area (Å²) in [5, 5.41) is 0. The van der Waals surface area contributed by atoms with Gasteiger partial charge in [-0.15, -0.1) is 0 Å². The maximum atomic E-state index is 3.83. The quantitative estimate of drug-likeness (QED) is 0.549. The van der Waals surface area contributed by atoms with Gasteiger partial charge in [0.15, 0.2) is 0 Å². The molecule has 0 unspecified atom stereocenters. The van der Waals surface area contributed by atoms with Crippen molar-refractivity contribution in [2.75, 3.05) is 0 Å². The first kappa shape index (κ1) is 7.07. The van der Waals surface area contributed by atoms with Crippen LogP contribution < -0.4 is 0 Å². The van der Waals surface area contributed by atoms with Crippen molar-refractivity contribution in [1.29, 1.82) is 0 Å². The summed E-state index contributed by atoms with van der Waals surface area (Å²) in [6.45, 7) is 5.84. The average molecular weight is 131 g/mol. The van der Waals surface area contributed by atoms with Crippen LogP contribution in [0.5, 0.6) is 0 Å². The smallest absolute Gasteiger partial charge is 0.0238 e. The fraction of sp³-hybridized carbons (Fsp3) is 0.100. The van der Waals surface area contributed by atoms with Crippen molar-refractivity contribution >= 4 is 6.08 Å². The largest absolute Gasteiger partial charge is 0.0871 e. The predicted molar refractivity (Wildman–Crippen MR) is 45.6 cm³/mol. The monoisotopic (exact) mass is 131 g/mol. The summed E-state index contributed by atoms with van der Waals surface area (Å²) in [4.78, 5) is 0. The second-order valence-corrected chi connectivity index (χ2v) is 2.25. The molecule has 0 bridgehead atoms. The Kier molecular flexibility index (Phi) is 2.27. The van der Waals surface area contributed by atoms with E-state index in [4.69, 9.17) is 0 Å². The highest BCUT2D eigenvalue weighted by Crippen LogP contribution is 2.04. The van der Waals surface area contributed by atoms with Gasteiger partial charge in [-0.3, -0.25) is 0 Å². The van der Waals surface area contributed by atoms with E-state index in [-0.39, 0.29) is 0 Å². The summed E-state index contributed by atoms with van der Waals surface area (Å²) in [6, 6.07) is 8.12. The minimum atomic E-state index is 1.07. The molecular formula is C10H11. The Morgan fingerprint density at radius 2 is 2.20 bits per heavy atom. The van der Waals surface area contributed by atoms with Crippen molar-refractivity contribution in [3.8, 4) is 0 Å². The van der Waals surface area contributed by atoms with Crippen molar-refractivity contribution in [3.63, 3.8) is 0 Å². The maximum Gasteiger partial charge on any atom is -0.0238 e. The Bertz CT molecular complexity index is 234. The highest BCUT2D eigenvalue weighted by molar-refractivity contribution is 5.50. The second kappa shape index (κ2) is 3.21. The van der Waals surface area contributed by atoms with Crippen molar-refractivity contribution < 1.29 is 0 Å². The van der Waals surface area contributed by atoms with Crippen LogP contribution in [-0.2, 0) is 0 Å². The van der Waals surface area contributed by atoms with E-state index in [0.717, 1.165) is 5.56 Å². The van der Waals surface area contributed by atoms with Gasteiger partial charge in [0.1, 0.15) is 0 Å². The van der Waals surface area contributed by atoms with Gasteiger partial charge in [-0.2, -0.15) is 0 Å². The lowest BCUT2D eigenvalue weighted by Gasteiger charge is -1.93. The molecule has 0 amide bonds. The van der Waals surface area contributed by atoms with Crippen LogP contribution in [0, 0.1) is 6.92 Å². The molecule has 1 rings (SSSR count). The minimum Gasteiger partial charge on any atom is -0.0871 e. The Morgan fingerprint density at radius 1 is 1.40 bits per heavy atom. The summed E-state index contributed by atoms with van der Waals surface area (Å²) in [5.41, 5.74) is 2.28. The van der Waals surface area contributed by atoms with Gasteiger partial charge in [-0.25, -0.2) is 0 Å². The molecule has 1 aromatic rings. The van der Waals surface area contributed by atoms with Gasteiger partial charge in [0, 0.05) is 0 Å². The van der Waals surface area contributed by atoms with Gasteiger partial charge in [-0.05, 0) is 25.0 Å². The third kappa shape index (κ3) is 1.73. The SMILES string of the molecule is [CH2]c1cccc(/C=C\C)c1. The Labute approximate surface area is 62.2 Å². The first-order valence-corrected chi connectivity index (χ1v) is 3.37. The van der Waals surface area contributed by atoms with Crippen LogP contribution in [0.1, 0.15) is 18.1 Å². The van der Waals surface area contributed by atoms with Crippen LogP contribution in [0.2, 0.25) is 0 Å². The van der Waals surface area contributed by atoms with Crippen LogP contribution in [-0.4, -0.2) is 0 Å². The molecule has 51 valence electrons. The zero-order valence-corrected chi connectivity index (χ0v) is 6.17. The summed E-state index contributed by atoms with van der Waals surface area (Å²) in [6.07, 6.45) is 4.09. The molecule has 0 heteroatoms. The lowest BCUT2D eigenvalue weighted by atomic mass is 10.1. The van der Waals surface area contributed by atoms with Crippen molar-refractivity contribution in [3.05, 3.63) is 48.4 Å². The molecule has 0 aliphatic rings. The van der Waals surface area contributed by atoms with E-state index in [1.54, 1.807) is 0 Å². The molecule has 0 fully saturated rings. The number of benzene rings is 1. The van der Waals surface area contributed by atoms with Crippen molar-refractivity contribution in [1.82, 2.24) is 0 Å². The van der Waals surface area contributed by atoms with Gasteiger partial charge >= 0.3 is 0 Å². The van der Waals surface area contributed by atoms with Gasteiger partial charge in [0.25, 0.3) is 0 Å². The maximum absolute atomic E-state index is 3.83. The van der Waals surface area contributed by atoms with E-state index in [2.05, 4.69) is 25.1 Å². The lowest BCUT2D eigenvalue weighted by Crippen LogP contribution is -1.72. The number of hydrogen-bond acceptors (Lipinski definition) is 0. The van der Waals surface area contributed by atoms with Gasteiger partial charge in [0.05, 0.1) is 0 Å². The summed E-state index contributed by atoms with van der Waals surface area (Å²) >= 11 is 0. The van der Waals surface area contributed by atoms with Crippen LogP contribution in [0.3, 0.4) is 0 Å². The molecule has 1 aromatic carbocycles. The lowest BCUT2D eigenvalue weighted by molar-refractivity contribution is 1.57. The standard InChI is InChI=1S/C10H11/c1-3-5-10-7-4-6-9(2)8-10/h3-8H,2H2,1H3/b5-3-. The van der Waals surface area contributed by atoms with E-state index in [9.17, 15) is 0 Å². The number of rotatable bonds is 1. The van der Waals surface area contributed by atoms with Crippen molar-refractivity contribution in [2.45, 2.75) is 6.92 Å². The fourth-order valence-corrected chi connectivity index (χ4v) is 0.889. The summed E-state index contributed by atoms with van der Waals surface area (Å²) in [5.74, 6) is 0. The van der Waals surface area contributed by atoms with E-state index < -0.39 is 0 Å². The topological polar surface area (TPSA) is 0 Å². The van der Waals surface area contributed by atoms with Crippen molar-refractivity contribution in [2.24, 2.45) is 0 Å². The molecule has 0 aliphatic heterocycles. The molecule has 0 saturated carbocycles. The van der Waals surface area contributed by atoms with Crippen LogP contribution in [0.25, 0.3) is 6.08 Å². The molecule has 0 spiro atoms. The molecule has 0 saturated heterocycles. The zero-order valence-electron chi connectivity index (χ0n) is 6.17. The van der Waals surface area contributed by atoms with E-state index in [1.807, 2.05) is 25.1 Å². The van der Waals surface area contributed by atoms with Gasteiger partial charge < -0.3 is 0 Å². The summed E-state index contributed by atoms with van der Waals surface area (Å²) < 4.78 is 0. The molecule has 1 radical (unpaired) electrons. The normalized spacial score (nSPS) is 10.6. The number of hydrogen-bond donors (Lipinski definition) is 0. The highest BCUT2D eigenvalue weighted by atomic mass is 13.9. The molecule has 10 heavy (non-hydrogen) atoms. The first-order valence-electron chi connectivity index (χ1n) is 3.37. The molecule has 0 N–H and O–H groups in total. The molecule has 0 aromatic heterocycles. The van der Waals surface area contributed by atoms with Crippen LogP contribution in [0.4, 0.5) is 0 Å². The van der Waals surface area contributed by atoms with Gasteiger partial charge in [0.2, 0.25) is 0 Å². The highest BCUT2D eigenvalue weighted by Gasteiger charge is 1.84. The second-order valence-electron chi connectivity index (χ2n) is 2.25. The average Bonchev–Trinajstić information content (AvgIpc) is 1.88. The molecule has 0 nitrogen and oxygen atoms in total. The van der Waals surface area contributed by atoms with Crippen LogP contribution in [0.15, 0.2) is 30.3 Å². The molecule has 0 heterocycles. The third-order valence-electron chi connectivity index (χ3n) is 1.31. The molecule has 0 aliphatic carbocycles. The van der Waals surface area contributed by atoms with Gasteiger partial charge in [-0.1, -0.05) is 36.4 Å². The number of allylic oxidation sites excluding steroid dienone is 1. The predicted octanol–water partition coefficient (Wildman–Crippen LogP) is 2.90. The van der Waals surface area contributed by atoms with E-state index >= 15 is 0 Å². The first-order chi connectivity index (χ1) is 4.83. The summed E-state index contributed by atoms with van der Waals surface area (Å²) in [7, 11) is 0. The Hall–Kier alpha value is -1.04. The fourth-order valence-electron chi connectivity index (χ4n) is 0.889. The Balaban J connectivity index is 2.95. The molecule has 0 atom stereocenters. The van der Waals surface area contributed by atoms with E-state index in [0.29, 0.717) is 0 Å². The zero-order chi connectivity index (χ0) is 7.40. The Morgan fingerprint density at radius 3 is 2.80 bits per heavy atom. The van der Waals surface area contributed by atoms with E-state index in [1.165, 1.54) is 5.56 Å². The van der Waals surface area contributed by atoms with Crippen LogP contribution >= 0.6 is 0 Å². The molecular weight excluding hydrogens is 120 g/mol. The minimum absolute atomic E-state index is 1.07.